The molecule has 1 heterocycles. The van der Waals surface area contributed by atoms with Crippen LogP contribution in [0.15, 0.2) is 30.6 Å². The highest BCUT2D eigenvalue weighted by atomic mass is 79.9. The number of carbonyl (C=O) groups excluding carboxylic acids is 1. The van der Waals surface area contributed by atoms with Gasteiger partial charge in [-0.15, -0.1) is 0 Å². The summed E-state index contributed by atoms with van der Waals surface area (Å²) < 4.78 is 2.14. The highest BCUT2D eigenvalue weighted by molar-refractivity contribution is 5.75. The Labute approximate surface area is 174 Å². The number of pyridine rings is 1. The predicted octanol–water partition coefficient (Wildman–Crippen LogP) is 0.860. The van der Waals surface area contributed by atoms with Crippen molar-refractivity contribution in [2.24, 2.45) is 0 Å². The van der Waals surface area contributed by atoms with Crippen LogP contribution in [0.1, 0.15) is 77.0 Å². The zero-order chi connectivity index (χ0) is 18.9. The van der Waals surface area contributed by atoms with Gasteiger partial charge in [-0.2, -0.15) is 0 Å². The summed E-state index contributed by atoms with van der Waals surface area (Å²) in [4.78, 5) is 22.2. The molecule has 0 unspecified atom stereocenters. The van der Waals surface area contributed by atoms with Gasteiger partial charge in [0.2, 0.25) is 5.91 Å². The van der Waals surface area contributed by atoms with Gasteiger partial charge in [0.15, 0.2) is 12.4 Å². The average Bonchev–Trinajstić information content (AvgIpc) is 2.64. The molecule has 0 aliphatic carbocycles. The van der Waals surface area contributed by atoms with Crippen molar-refractivity contribution in [2.75, 3.05) is 6.54 Å². The third kappa shape index (κ3) is 16.5. The molecule has 1 aromatic rings. The summed E-state index contributed by atoms with van der Waals surface area (Å²) in [5.74, 6) is -0.524. The van der Waals surface area contributed by atoms with Crippen LogP contribution in [0.3, 0.4) is 0 Å². The maximum atomic E-state index is 11.8. The van der Waals surface area contributed by atoms with Crippen molar-refractivity contribution in [3.05, 3.63) is 30.6 Å². The number of halogens is 1. The second-order valence-electron chi connectivity index (χ2n) is 6.89. The Balaban J connectivity index is 0.00000676. The van der Waals surface area contributed by atoms with Crippen LogP contribution in [0.5, 0.6) is 0 Å². The van der Waals surface area contributed by atoms with Crippen molar-refractivity contribution in [3.8, 4) is 0 Å². The second kappa shape index (κ2) is 18.0. The van der Waals surface area contributed by atoms with E-state index < -0.39 is 5.97 Å². The maximum absolute atomic E-state index is 11.8. The Bertz CT molecular complexity index is 497. The summed E-state index contributed by atoms with van der Waals surface area (Å²) in [5, 5.41) is 11.6. The molecule has 1 amide bonds. The fourth-order valence-electron chi connectivity index (χ4n) is 2.94. The molecule has 1 rings (SSSR count). The molecule has 0 spiro atoms. The number of carboxylic acid groups (broad SMARTS) is 1. The van der Waals surface area contributed by atoms with Crippen LogP contribution < -0.4 is 26.9 Å². The summed E-state index contributed by atoms with van der Waals surface area (Å²) in [7, 11) is 0. The monoisotopic (exact) mass is 442 g/mol. The Kier molecular flexibility index (Phi) is 17.0. The topological polar surface area (TPSA) is 70.3 Å². The van der Waals surface area contributed by atoms with Crippen molar-refractivity contribution < 1.29 is 36.2 Å². The molecular weight excluding hydrogens is 408 g/mol. The van der Waals surface area contributed by atoms with Gasteiger partial charge < -0.3 is 27.4 Å². The first-order chi connectivity index (χ1) is 12.7. The van der Waals surface area contributed by atoms with E-state index in [0.717, 1.165) is 58.0 Å². The number of nitrogens with zero attached hydrogens (tertiary/aromatic N) is 1. The minimum Gasteiger partial charge on any atom is -1.00 e. The molecule has 1 aromatic heterocycles. The number of aromatic nitrogens is 1. The lowest BCUT2D eigenvalue weighted by molar-refractivity contribution is -0.697. The standard InChI is InChI=1S/C21H34N2O3.BrH/c24-20(14-9-13-19-23-17-11-7-12-18-23)22-16-10-6-4-2-1-3-5-8-15-21(25)26;/h7,11-12,17-18H,1-6,8-10,13-16,19H2,(H-,22,24,25,26);1H. The fourth-order valence-corrected chi connectivity index (χ4v) is 2.94. The lowest BCUT2D eigenvalue weighted by Gasteiger charge is -2.05. The molecule has 2 N–H and O–H groups in total. The number of unbranched alkanes of at least 4 members (excludes halogenated alkanes) is 8. The van der Waals surface area contributed by atoms with E-state index in [1.54, 1.807) is 0 Å². The zero-order valence-electron chi connectivity index (χ0n) is 16.4. The van der Waals surface area contributed by atoms with E-state index in [9.17, 15) is 9.59 Å². The fraction of sp³-hybridized carbons (Fsp3) is 0.667. The van der Waals surface area contributed by atoms with Gasteiger partial charge in [-0.1, -0.05) is 44.6 Å². The van der Waals surface area contributed by atoms with Gasteiger partial charge in [0.05, 0.1) is 0 Å². The van der Waals surface area contributed by atoms with E-state index in [4.69, 9.17) is 5.11 Å². The van der Waals surface area contributed by atoms with E-state index in [1.807, 2.05) is 18.2 Å². The van der Waals surface area contributed by atoms with E-state index in [1.165, 1.54) is 19.3 Å². The van der Waals surface area contributed by atoms with E-state index in [-0.39, 0.29) is 22.9 Å². The number of amides is 1. The Morgan fingerprint density at radius 1 is 0.741 bits per heavy atom. The quantitative estimate of drug-likeness (QED) is 0.294. The smallest absolute Gasteiger partial charge is 0.303 e. The molecule has 0 saturated carbocycles. The van der Waals surface area contributed by atoms with Crippen molar-refractivity contribution >= 4 is 11.9 Å². The molecule has 0 aliphatic heterocycles. The normalized spacial score (nSPS) is 10.2. The Morgan fingerprint density at radius 2 is 1.30 bits per heavy atom. The molecule has 0 radical (unpaired) electrons. The number of aryl methyl sites for hydroxylation is 1. The summed E-state index contributed by atoms with van der Waals surface area (Å²) in [6.45, 7) is 1.75. The molecule has 154 valence electrons. The van der Waals surface area contributed by atoms with Gasteiger partial charge in [0.1, 0.15) is 6.54 Å². The Hall–Kier alpha value is -1.43. The molecule has 0 aliphatic rings. The van der Waals surface area contributed by atoms with Gasteiger partial charge >= 0.3 is 5.97 Å². The molecule has 0 bridgehead atoms. The third-order valence-electron chi connectivity index (χ3n) is 4.49. The minimum atomic E-state index is -0.692. The first-order valence-corrected chi connectivity index (χ1v) is 10.1. The first-order valence-electron chi connectivity index (χ1n) is 10.1. The molecule has 6 heteroatoms. The summed E-state index contributed by atoms with van der Waals surface area (Å²) in [6, 6.07) is 6.05. The molecule has 0 aromatic carbocycles. The van der Waals surface area contributed by atoms with Gasteiger partial charge in [0.25, 0.3) is 0 Å². The van der Waals surface area contributed by atoms with Crippen molar-refractivity contribution in [3.63, 3.8) is 0 Å². The third-order valence-corrected chi connectivity index (χ3v) is 4.49. The highest BCUT2D eigenvalue weighted by Gasteiger charge is 2.03. The minimum absolute atomic E-state index is 0. The zero-order valence-corrected chi connectivity index (χ0v) is 18.0. The number of rotatable bonds is 16. The van der Waals surface area contributed by atoms with Crippen LogP contribution in [0, 0.1) is 0 Å². The summed E-state index contributed by atoms with van der Waals surface area (Å²) >= 11 is 0. The second-order valence-corrected chi connectivity index (χ2v) is 6.89. The van der Waals surface area contributed by atoms with Crippen molar-refractivity contribution in [1.82, 2.24) is 5.32 Å². The van der Waals surface area contributed by atoms with Crippen LogP contribution in [0.4, 0.5) is 0 Å². The molecule has 0 fully saturated rings. The molecule has 0 saturated heterocycles. The van der Waals surface area contributed by atoms with E-state index in [0.29, 0.717) is 12.8 Å². The van der Waals surface area contributed by atoms with Crippen LogP contribution >= 0.6 is 0 Å². The van der Waals surface area contributed by atoms with Gasteiger partial charge in [-0.25, -0.2) is 4.57 Å². The molecule has 5 nitrogen and oxygen atoms in total. The SMILES string of the molecule is O=C(O)CCCCCCCCCCNC(=O)CCCC[n+]1ccccc1.[Br-]. The number of carboxylic acids is 1. The molecular formula is C21H35BrN2O3. The summed E-state index contributed by atoms with van der Waals surface area (Å²) in [5.41, 5.74) is 0. The first kappa shape index (κ1) is 25.6. The van der Waals surface area contributed by atoms with Crippen LogP contribution in [-0.4, -0.2) is 23.5 Å². The number of hydrogen-bond donors (Lipinski definition) is 2. The van der Waals surface area contributed by atoms with E-state index in [2.05, 4.69) is 22.3 Å². The molecule has 0 atom stereocenters. The number of aliphatic carboxylic acids is 1. The van der Waals surface area contributed by atoms with Crippen LogP contribution in [0.2, 0.25) is 0 Å². The number of hydrogen-bond acceptors (Lipinski definition) is 2. The Morgan fingerprint density at radius 3 is 1.93 bits per heavy atom. The number of nitrogens with one attached hydrogen (secondary N) is 1. The van der Waals surface area contributed by atoms with Gasteiger partial charge in [0, 0.05) is 37.9 Å². The van der Waals surface area contributed by atoms with Crippen molar-refractivity contribution in [2.45, 2.75) is 83.6 Å². The van der Waals surface area contributed by atoms with Gasteiger partial charge in [-0.05, 0) is 19.3 Å². The van der Waals surface area contributed by atoms with Crippen molar-refractivity contribution in [1.29, 1.82) is 0 Å². The van der Waals surface area contributed by atoms with Crippen LogP contribution in [-0.2, 0) is 16.1 Å². The average molecular weight is 443 g/mol. The summed E-state index contributed by atoms with van der Waals surface area (Å²) in [6.07, 6.45) is 15.7. The van der Waals surface area contributed by atoms with Crippen LogP contribution in [0.25, 0.3) is 0 Å². The number of carbonyl (C=O) groups is 2. The van der Waals surface area contributed by atoms with Gasteiger partial charge in [-0.3, -0.25) is 9.59 Å². The lowest BCUT2D eigenvalue weighted by Crippen LogP contribution is -3.00. The molecule has 27 heavy (non-hydrogen) atoms. The predicted molar refractivity (Wildman–Crippen MR) is 103 cm³/mol. The maximum Gasteiger partial charge on any atom is 0.303 e. The highest BCUT2D eigenvalue weighted by Crippen LogP contribution is 2.09. The lowest BCUT2D eigenvalue weighted by atomic mass is 10.1. The van der Waals surface area contributed by atoms with E-state index >= 15 is 0 Å². The largest absolute Gasteiger partial charge is 1.00 e.